The molecular formula is C34H46N6O7. The second-order valence-electron chi connectivity index (χ2n) is 12.4. The number of nitrogens with one attached hydrogen (secondary N) is 5. The van der Waals surface area contributed by atoms with E-state index in [-0.39, 0.29) is 38.3 Å². The Bertz CT molecular complexity index is 1430. The molecule has 0 aliphatic carbocycles. The normalized spacial score (nSPS) is 18.5. The summed E-state index contributed by atoms with van der Waals surface area (Å²) in [6.45, 7) is 5.65. The molecule has 0 unspecified atom stereocenters. The van der Waals surface area contributed by atoms with Crippen molar-refractivity contribution in [3.05, 3.63) is 71.8 Å². The molecule has 0 aromatic heterocycles. The molecule has 1 heterocycles. The third-order valence-corrected chi connectivity index (χ3v) is 8.39. The number of aliphatic hydroxyl groups is 1. The lowest BCUT2D eigenvalue weighted by atomic mass is 9.88. The summed E-state index contributed by atoms with van der Waals surface area (Å²) in [5, 5.41) is 23.4. The van der Waals surface area contributed by atoms with Crippen LogP contribution in [0.3, 0.4) is 0 Å². The molecule has 1 aliphatic heterocycles. The number of hydrogen-bond donors (Lipinski definition) is 6. The van der Waals surface area contributed by atoms with Gasteiger partial charge in [-0.25, -0.2) is 0 Å². The molecule has 4 atom stereocenters. The number of hydrogen-bond acceptors (Lipinski definition) is 7. The van der Waals surface area contributed by atoms with Crippen LogP contribution in [0.25, 0.3) is 0 Å². The molecule has 1 aliphatic rings. The molecule has 2 aromatic carbocycles. The van der Waals surface area contributed by atoms with Gasteiger partial charge < -0.3 is 36.6 Å². The molecule has 47 heavy (non-hydrogen) atoms. The molecule has 0 saturated carbocycles. The molecule has 3 rings (SSSR count). The van der Waals surface area contributed by atoms with E-state index in [0.717, 1.165) is 5.56 Å². The highest BCUT2D eigenvalue weighted by Gasteiger charge is 2.45. The first-order valence-corrected chi connectivity index (χ1v) is 15.7. The Labute approximate surface area is 275 Å². The van der Waals surface area contributed by atoms with Crippen LogP contribution in [0.2, 0.25) is 0 Å². The minimum Gasteiger partial charge on any atom is -0.394 e. The highest BCUT2D eigenvalue weighted by atomic mass is 16.3. The summed E-state index contributed by atoms with van der Waals surface area (Å²) in [5.74, 6) is -3.15. The predicted octanol–water partition coefficient (Wildman–Crippen LogP) is 0.422. The highest BCUT2D eigenvalue weighted by Crippen LogP contribution is 2.27. The van der Waals surface area contributed by atoms with E-state index in [0.29, 0.717) is 12.0 Å². The molecule has 0 radical (unpaired) electrons. The number of carbonyl (C=O) groups is 6. The first-order valence-electron chi connectivity index (χ1n) is 15.7. The lowest BCUT2D eigenvalue weighted by Crippen LogP contribution is -2.64. The van der Waals surface area contributed by atoms with Crippen molar-refractivity contribution >= 4 is 35.4 Å². The van der Waals surface area contributed by atoms with Crippen LogP contribution in [-0.4, -0.2) is 94.9 Å². The van der Waals surface area contributed by atoms with Crippen molar-refractivity contribution in [1.82, 2.24) is 31.5 Å². The lowest BCUT2D eigenvalue weighted by molar-refractivity contribution is -0.136. The maximum Gasteiger partial charge on any atom is 0.252 e. The van der Waals surface area contributed by atoms with E-state index in [2.05, 4.69) is 26.6 Å². The maximum absolute atomic E-state index is 14.0. The fourth-order valence-electron chi connectivity index (χ4n) is 5.39. The Balaban J connectivity index is 1.81. The van der Waals surface area contributed by atoms with Gasteiger partial charge in [-0.05, 0) is 64.7 Å². The van der Waals surface area contributed by atoms with E-state index in [1.807, 2.05) is 30.3 Å². The second-order valence-corrected chi connectivity index (χ2v) is 12.4. The number of benzene rings is 2. The van der Waals surface area contributed by atoms with Gasteiger partial charge in [0.25, 0.3) is 5.91 Å². The van der Waals surface area contributed by atoms with Gasteiger partial charge in [-0.1, -0.05) is 48.5 Å². The lowest BCUT2D eigenvalue weighted by Gasteiger charge is -2.35. The van der Waals surface area contributed by atoms with Gasteiger partial charge >= 0.3 is 0 Å². The van der Waals surface area contributed by atoms with E-state index < -0.39 is 58.7 Å². The summed E-state index contributed by atoms with van der Waals surface area (Å²) in [6.07, 6.45) is 0.288. The molecule has 6 N–H and O–H groups in total. The summed E-state index contributed by atoms with van der Waals surface area (Å²) in [5.41, 5.74) is -1.77. The fraction of sp³-hybridized carbons (Fsp3) is 0.471. The molecule has 6 amide bonds. The Morgan fingerprint density at radius 2 is 1.49 bits per heavy atom. The van der Waals surface area contributed by atoms with E-state index in [9.17, 15) is 33.9 Å². The zero-order valence-corrected chi connectivity index (χ0v) is 27.6. The van der Waals surface area contributed by atoms with Gasteiger partial charge in [0.15, 0.2) is 0 Å². The summed E-state index contributed by atoms with van der Waals surface area (Å²) < 4.78 is 0. The van der Waals surface area contributed by atoms with E-state index in [1.54, 1.807) is 35.2 Å². The van der Waals surface area contributed by atoms with Gasteiger partial charge in [0.05, 0.1) is 12.6 Å². The number of likely N-dealkylation sites (tertiary alicyclic amines) is 1. The average Bonchev–Trinajstić information content (AvgIpc) is 3.22. The zero-order valence-electron chi connectivity index (χ0n) is 27.6. The van der Waals surface area contributed by atoms with Crippen LogP contribution in [0.1, 0.15) is 62.9 Å². The zero-order chi connectivity index (χ0) is 34.8. The van der Waals surface area contributed by atoms with Gasteiger partial charge in [0, 0.05) is 25.6 Å². The Kier molecular flexibility index (Phi) is 12.6. The molecule has 0 bridgehead atoms. The molecule has 254 valence electrons. The van der Waals surface area contributed by atoms with Crippen molar-refractivity contribution < 1.29 is 33.9 Å². The maximum atomic E-state index is 14.0. The number of amides is 6. The van der Waals surface area contributed by atoms with Crippen molar-refractivity contribution in [2.75, 3.05) is 20.2 Å². The quantitative estimate of drug-likeness (QED) is 0.181. The van der Waals surface area contributed by atoms with Crippen LogP contribution in [-0.2, 0) is 30.4 Å². The molecular weight excluding hydrogens is 604 g/mol. The average molecular weight is 651 g/mol. The smallest absolute Gasteiger partial charge is 0.252 e. The van der Waals surface area contributed by atoms with Crippen molar-refractivity contribution in [2.45, 2.75) is 82.6 Å². The molecule has 2 aromatic rings. The van der Waals surface area contributed by atoms with Crippen LogP contribution >= 0.6 is 0 Å². The Morgan fingerprint density at radius 3 is 2.09 bits per heavy atom. The van der Waals surface area contributed by atoms with Crippen molar-refractivity contribution in [3.63, 3.8) is 0 Å². The number of likely N-dealkylation sites (N-methyl/N-ethyl adjacent to an activating group) is 1. The fourth-order valence-corrected chi connectivity index (χ4v) is 5.39. The van der Waals surface area contributed by atoms with Crippen LogP contribution in [0.15, 0.2) is 60.7 Å². The number of aliphatic hydroxyl groups excluding tert-OH is 1. The van der Waals surface area contributed by atoms with Crippen molar-refractivity contribution in [1.29, 1.82) is 0 Å². The number of carbonyl (C=O) groups excluding carboxylic acids is 6. The van der Waals surface area contributed by atoms with E-state index in [1.165, 1.54) is 34.7 Å². The van der Waals surface area contributed by atoms with Gasteiger partial charge in [0.2, 0.25) is 29.5 Å². The summed E-state index contributed by atoms with van der Waals surface area (Å²) >= 11 is 0. The molecule has 13 nitrogen and oxygen atoms in total. The molecule has 1 fully saturated rings. The third kappa shape index (κ3) is 9.61. The third-order valence-electron chi connectivity index (χ3n) is 8.39. The first-order chi connectivity index (χ1) is 22.2. The van der Waals surface area contributed by atoms with Crippen molar-refractivity contribution in [2.24, 2.45) is 0 Å². The Morgan fingerprint density at radius 1 is 0.894 bits per heavy atom. The largest absolute Gasteiger partial charge is 0.394 e. The summed E-state index contributed by atoms with van der Waals surface area (Å²) in [6, 6.07) is 15.2. The predicted molar refractivity (Wildman–Crippen MR) is 175 cm³/mol. The van der Waals surface area contributed by atoms with Crippen molar-refractivity contribution in [3.8, 4) is 0 Å². The highest BCUT2D eigenvalue weighted by molar-refractivity contribution is 6.01. The molecule has 0 spiro atoms. The SMILES string of the molecule is CNC(=O)[C@H](C)NC(=O)C(C)(C)NC(=O)[C@H](C)NC(=O)[C@@]1(NC(=O)c2ccccc2)CCC(=O)N([C@H](CO)Cc2ccccc2)CC1. The van der Waals surface area contributed by atoms with E-state index >= 15 is 0 Å². The number of nitrogens with zero attached hydrogens (tertiary/aromatic N) is 1. The standard InChI is InChI=1S/C34H46N6O7/c1-22(28(43)35-5)36-31(46)33(3,4)38-29(44)23(2)37-32(47)34(39-30(45)25-14-10-7-11-15-25)17-16-27(42)40(19-18-34)26(21-41)20-24-12-8-6-9-13-24/h6-15,22-23,26,41H,16-21H2,1-5H3,(H,35,43)(H,36,46)(H,37,47)(H,38,44)(H,39,45)/t22-,23-,26-,34+/m0/s1. The van der Waals surface area contributed by atoms with Gasteiger partial charge in [-0.15, -0.1) is 0 Å². The van der Waals surface area contributed by atoms with Crippen LogP contribution in [0.4, 0.5) is 0 Å². The summed E-state index contributed by atoms with van der Waals surface area (Å²) in [7, 11) is 1.44. The topological polar surface area (TPSA) is 186 Å². The number of rotatable bonds is 13. The minimum atomic E-state index is -1.57. The van der Waals surface area contributed by atoms with Crippen LogP contribution in [0.5, 0.6) is 0 Å². The Hall–Kier alpha value is -4.78. The molecule has 13 heteroatoms. The first kappa shape index (κ1) is 36.7. The monoisotopic (exact) mass is 650 g/mol. The van der Waals surface area contributed by atoms with Crippen LogP contribution in [0, 0.1) is 0 Å². The van der Waals surface area contributed by atoms with E-state index in [4.69, 9.17) is 0 Å². The summed E-state index contributed by atoms with van der Waals surface area (Å²) in [4.78, 5) is 80.3. The minimum absolute atomic E-state index is 0.0219. The van der Waals surface area contributed by atoms with Crippen LogP contribution < -0.4 is 26.6 Å². The van der Waals surface area contributed by atoms with Gasteiger partial charge in [-0.2, -0.15) is 0 Å². The second kappa shape index (κ2) is 16.2. The van der Waals surface area contributed by atoms with Gasteiger partial charge in [0.1, 0.15) is 23.2 Å². The van der Waals surface area contributed by atoms with Gasteiger partial charge in [-0.3, -0.25) is 28.8 Å². The molecule has 1 saturated heterocycles.